The molecule has 4 heteroatoms. The summed E-state index contributed by atoms with van der Waals surface area (Å²) in [7, 11) is 4.34. The summed E-state index contributed by atoms with van der Waals surface area (Å²) < 4.78 is 0. The number of para-hydroxylation sites is 1. The highest BCUT2D eigenvalue weighted by atomic mass is 16.4. The Morgan fingerprint density at radius 1 is 0.733 bits per heavy atom. The number of phenols is 1. The van der Waals surface area contributed by atoms with Gasteiger partial charge in [0, 0.05) is 0 Å². The zero-order valence-electron chi connectivity index (χ0n) is 19.9. The molecule has 0 amide bonds. The number of carboxylic acid groups (broad SMARTS) is 1. The zero-order valence-corrected chi connectivity index (χ0v) is 19.9. The topological polar surface area (TPSA) is 60.8 Å². The maximum Gasteiger partial charge on any atom is 0.339 e. The number of rotatable bonds is 17. The van der Waals surface area contributed by atoms with Gasteiger partial charge in [0.1, 0.15) is 11.3 Å². The Balaban J connectivity index is 0.000000696. The van der Waals surface area contributed by atoms with Crippen LogP contribution in [0.1, 0.15) is 114 Å². The molecule has 0 spiro atoms. The molecular weight excluding hydrogens is 374 g/mol. The summed E-state index contributed by atoms with van der Waals surface area (Å²) in [4.78, 5) is 12.6. The molecule has 0 aromatic heterocycles. The number of benzene rings is 1. The van der Waals surface area contributed by atoms with Crippen LogP contribution in [0.2, 0.25) is 0 Å². The van der Waals surface area contributed by atoms with Crippen molar-refractivity contribution in [1.82, 2.24) is 4.90 Å². The van der Waals surface area contributed by atoms with E-state index in [2.05, 4.69) is 25.9 Å². The summed E-state index contributed by atoms with van der Waals surface area (Å²) in [6, 6.07) is 5.81. The van der Waals surface area contributed by atoms with Crippen molar-refractivity contribution in [3.05, 3.63) is 29.8 Å². The molecule has 1 aromatic rings. The first-order chi connectivity index (χ1) is 14.5. The number of hydrogen-bond donors (Lipinski definition) is 2. The first kappa shape index (κ1) is 28.5. The van der Waals surface area contributed by atoms with Crippen LogP contribution in [-0.4, -0.2) is 41.7 Å². The van der Waals surface area contributed by atoms with Crippen LogP contribution in [0.4, 0.5) is 0 Å². The second kappa shape index (κ2) is 20.7. The van der Waals surface area contributed by atoms with E-state index in [1.54, 1.807) is 12.1 Å². The van der Waals surface area contributed by atoms with E-state index in [0.717, 1.165) is 0 Å². The second-order valence-corrected chi connectivity index (χ2v) is 8.58. The van der Waals surface area contributed by atoms with Crippen LogP contribution in [0.15, 0.2) is 24.3 Å². The van der Waals surface area contributed by atoms with E-state index in [-0.39, 0.29) is 11.3 Å². The highest BCUT2D eigenvalue weighted by molar-refractivity contribution is 5.90. The van der Waals surface area contributed by atoms with Crippen LogP contribution in [0.3, 0.4) is 0 Å². The summed E-state index contributed by atoms with van der Waals surface area (Å²) in [5.74, 6) is -1.31. The molecule has 0 heterocycles. The molecule has 0 aliphatic rings. The van der Waals surface area contributed by atoms with Gasteiger partial charge in [-0.15, -0.1) is 0 Å². The third kappa shape index (κ3) is 18.5. The average Bonchev–Trinajstić information content (AvgIpc) is 2.71. The second-order valence-electron chi connectivity index (χ2n) is 8.58. The van der Waals surface area contributed by atoms with Crippen LogP contribution in [0.25, 0.3) is 0 Å². The predicted octanol–water partition coefficient (Wildman–Crippen LogP) is 7.51. The number of unbranched alkanes of at least 4 members (excludes halogenated alkanes) is 14. The van der Waals surface area contributed by atoms with Crippen LogP contribution >= 0.6 is 0 Å². The van der Waals surface area contributed by atoms with E-state index >= 15 is 0 Å². The number of aromatic hydroxyl groups is 1. The predicted molar refractivity (Wildman–Crippen MR) is 129 cm³/mol. The lowest BCUT2D eigenvalue weighted by Gasteiger charge is -2.08. The van der Waals surface area contributed by atoms with Crippen LogP contribution in [0.5, 0.6) is 5.75 Å². The first-order valence-electron chi connectivity index (χ1n) is 12.1. The molecule has 0 saturated heterocycles. The van der Waals surface area contributed by atoms with Crippen molar-refractivity contribution in [3.8, 4) is 5.75 Å². The van der Waals surface area contributed by atoms with E-state index < -0.39 is 5.97 Å². The van der Waals surface area contributed by atoms with Gasteiger partial charge in [-0.3, -0.25) is 0 Å². The molecule has 0 aliphatic heterocycles. The van der Waals surface area contributed by atoms with Gasteiger partial charge in [-0.1, -0.05) is 109 Å². The first-order valence-corrected chi connectivity index (χ1v) is 12.1. The average molecular weight is 422 g/mol. The molecule has 4 nitrogen and oxygen atoms in total. The van der Waals surface area contributed by atoms with Crippen LogP contribution < -0.4 is 0 Å². The minimum Gasteiger partial charge on any atom is -0.507 e. The Morgan fingerprint density at radius 3 is 1.47 bits per heavy atom. The number of carboxylic acids is 1. The van der Waals surface area contributed by atoms with E-state index in [4.69, 9.17) is 10.2 Å². The molecule has 1 aromatic carbocycles. The number of hydrogen-bond acceptors (Lipinski definition) is 3. The van der Waals surface area contributed by atoms with Gasteiger partial charge < -0.3 is 15.1 Å². The van der Waals surface area contributed by atoms with Crippen LogP contribution in [-0.2, 0) is 0 Å². The normalized spacial score (nSPS) is 10.7. The van der Waals surface area contributed by atoms with Gasteiger partial charge in [-0.05, 0) is 39.2 Å². The van der Waals surface area contributed by atoms with E-state index in [0.29, 0.717) is 0 Å². The van der Waals surface area contributed by atoms with Gasteiger partial charge in [0.2, 0.25) is 0 Å². The van der Waals surface area contributed by atoms with Gasteiger partial charge in [0.15, 0.2) is 0 Å². The molecule has 0 fully saturated rings. The minimum atomic E-state index is -1.11. The summed E-state index contributed by atoms with van der Waals surface area (Å²) in [5, 5.41) is 17.3. The molecular formula is C26H47NO3. The van der Waals surface area contributed by atoms with Crippen molar-refractivity contribution in [2.75, 3.05) is 20.6 Å². The van der Waals surface area contributed by atoms with Gasteiger partial charge in [-0.25, -0.2) is 4.79 Å². The monoisotopic (exact) mass is 421 g/mol. The highest BCUT2D eigenvalue weighted by Crippen LogP contribution is 2.15. The van der Waals surface area contributed by atoms with Crippen molar-refractivity contribution in [1.29, 1.82) is 0 Å². The lowest BCUT2D eigenvalue weighted by atomic mass is 10.0. The van der Waals surface area contributed by atoms with Crippen molar-refractivity contribution in [2.45, 2.75) is 103 Å². The Morgan fingerprint density at radius 2 is 1.13 bits per heavy atom. The molecule has 30 heavy (non-hydrogen) atoms. The fraction of sp³-hybridized carbons (Fsp3) is 0.731. The highest BCUT2D eigenvalue weighted by Gasteiger charge is 2.05. The fourth-order valence-electron chi connectivity index (χ4n) is 3.45. The van der Waals surface area contributed by atoms with Crippen molar-refractivity contribution < 1.29 is 15.0 Å². The quantitative estimate of drug-likeness (QED) is 0.255. The molecule has 174 valence electrons. The summed E-state index contributed by atoms with van der Waals surface area (Å²) >= 11 is 0. The molecule has 0 unspecified atom stereocenters. The summed E-state index contributed by atoms with van der Waals surface area (Å²) in [5.41, 5.74) is -0.0671. The third-order valence-electron chi connectivity index (χ3n) is 5.34. The number of nitrogens with zero attached hydrogens (tertiary/aromatic N) is 1. The molecule has 0 aliphatic carbocycles. The van der Waals surface area contributed by atoms with Gasteiger partial charge in [0.25, 0.3) is 0 Å². The fourth-order valence-corrected chi connectivity index (χ4v) is 3.45. The molecule has 0 radical (unpaired) electrons. The summed E-state index contributed by atoms with van der Waals surface area (Å²) in [6.07, 6.45) is 21.8. The molecule has 0 bridgehead atoms. The molecule has 1 rings (SSSR count). The lowest BCUT2D eigenvalue weighted by Crippen LogP contribution is -2.12. The maximum atomic E-state index is 10.3. The Labute approximate surface area is 185 Å². The SMILES string of the molecule is CCCCCCCCCCCCCCCCCN(C)C.O=C(O)c1ccccc1O. The molecule has 0 atom stereocenters. The zero-order chi connectivity index (χ0) is 22.5. The number of carbonyl (C=O) groups is 1. The largest absolute Gasteiger partial charge is 0.507 e. The van der Waals surface area contributed by atoms with Crippen molar-refractivity contribution in [3.63, 3.8) is 0 Å². The van der Waals surface area contributed by atoms with E-state index in [1.807, 2.05) is 0 Å². The van der Waals surface area contributed by atoms with Crippen molar-refractivity contribution >= 4 is 5.97 Å². The van der Waals surface area contributed by atoms with Gasteiger partial charge in [0.05, 0.1) is 0 Å². The lowest BCUT2D eigenvalue weighted by molar-refractivity contribution is 0.0693. The standard InChI is InChI=1S/C19H41N.C7H6O3/c1-4-5-6-7-8-9-10-11-12-13-14-15-16-17-18-19-20(2)3;8-6-4-2-1-3-5(6)7(9)10/h4-19H2,1-3H3;1-4,8H,(H,9,10). The Kier molecular flexibility index (Phi) is 19.6. The van der Waals surface area contributed by atoms with Crippen molar-refractivity contribution in [2.24, 2.45) is 0 Å². The van der Waals surface area contributed by atoms with Crippen LogP contribution in [0, 0.1) is 0 Å². The maximum absolute atomic E-state index is 10.3. The molecule has 0 saturated carbocycles. The summed E-state index contributed by atoms with van der Waals surface area (Å²) in [6.45, 7) is 3.56. The van der Waals surface area contributed by atoms with E-state index in [1.165, 1.54) is 115 Å². The Hall–Kier alpha value is -1.55. The molecule has 2 N–H and O–H groups in total. The smallest absolute Gasteiger partial charge is 0.339 e. The van der Waals surface area contributed by atoms with Gasteiger partial charge in [-0.2, -0.15) is 0 Å². The Bertz CT molecular complexity index is 517. The third-order valence-corrected chi connectivity index (χ3v) is 5.34. The minimum absolute atomic E-state index is 0.0671. The number of aromatic carboxylic acids is 1. The van der Waals surface area contributed by atoms with Gasteiger partial charge >= 0.3 is 5.97 Å². The van der Waals surface area contributed by atoms with E-state index in [9.17, 15) is 4.79 Å².